The largest absolute Gasteiger partial charge is 0.481 e. The fourth-order valence-corrected chi connectivity index (χ4v) is 4.30. The van der Waals surface area contributed by atoms with Gasteiger partial charge in [-0.05, 0) is 74.0 Å². The molecule has 0 fully saturated rings. The van der Waals surface area contributed by atoms with Gasteiger partial charge in [0.1, 0.15) is 5.75 Å². The maximum Gasteiger partial charge on any atom is 0.265 e. The molecule has 1 unspecified atom stereocenters. The highest BCUT2D eigenvalue weighted by Crippen LogP contribution is 2.25. The fourth-order valence-electron chi connectivity index (χ4n) is 2.73. The Kier molecular flexibility index (Phi) is 7.10. The van der Waals surface area contributed by atoms with Crippen LogP contribution in [0, 0.1) is 6.92 Å². The highest BCUT2D eigenvalue weighted by molar-refractivity contribution is 7.92. The van der Waals surface area contributed by atoms with E-state index in [1.54, 1.807) is 13.0 Å². The molecule has 3 aromatic carbocycles. The van der Waals surface area contributed by atoms with E-state index in [0.717, 1.165) is 5.56 Å². The summed E-state index contributed by atoms with van der Waals surface area (Å²) in [7, 11) is -3.86. The molecule has 9 heteroatoms. The summed E-state index contributed by atoms with van der Waals surface area (Å²) in [5, 5.41) is 3.33. The summed E-state index contributed by atoms with van der Waals surface area (Å²) in [5.74, 6) is 0.236. The zero-order valence-electron chi connectivity index (χ0n) is 16.7. The number of carbonyl (C=O) groups excluding carboxylic acids is 1. The second-order valence-electron chi connectivity index (χ2n) is 6.85. The molecule has 1 amide bonds. The summed E-state index contributed by atoms with van der Waals surface area (Å²) < 4.78 is 33.3. The number of rotatable bonds is 7. The van der Waals surface area contributed by atoms with Crippen molar-refractivity contribution in [3.8, 4) is 5.75 Å². The first kappa shape index (κ1) is 22.9. The maximum absolute atomic E-state index is 12.6. The first-order chi connectivity index (χ1) is 14.6. The van der Waals surface area contributed by atoms with E-state index >= 15 is 0 Å². The molecule has 0 spiro atoms. The lowest BCUT2D eigenvalue weighted by Crippen LogP contribution is -2.30. The van der Waals surface area contributed by atoms with Gasteiger partial charge in [-0.1, -0.05) is 35.3 Å². The summed E-state index contributed by atoms with van der Waals surface area (Å²) >= 11 is 11.8. The van der Waals surface area contributed by atoms with Crippen molar-refractivity contribution in [2.75, 3.05) is 10.0 Å². The van der Waals surface area contributed by atoms with Crippen molar-refractivity contribution in [3.05, 3.63) is 82.3 Å². The third-order valence-corrected chi connectivity index (χ3v) is 6.05. The Morgan fingerprint density at radius 2 is 1.58 bits per heavy atom. The Labute approximate surface area is 191 Å². The smallest absolute Gasteiger partial charge is 0.265 e. The Bertz CT molecular complexity index is 1180. The quantitative estimate of drug-likeness (QED) is 0.468. The average Bonchev–Trinajstić information content (AvgIpc) is 2.67. The second-order valence-corrected chi connectivity index (χ2v) is 9.41. The van der Waals surface area contributed by atoms with Crippen LogP contribution in [0.2, 0.25) is 10.0 Å². The van der Waals surface area contributed by atoms with Crippen LogP contribution in [-0.2, 0) is 14.8 Å². The molecule has 0 radical (unpaired) electrons. The minimum atomic E-state index is -3.86. The van der Waals surface area contributed by atoms with Crippen LogP contribution in [0.4, 0.5) is 11.4 Å². The minimum absolute atomic E-state index is 0.0191. The van der Waals surface area contributed by atoms with E-state index in [2.05, 4.69) is 10.0 Å². The minimum Gasteiger partial charge on any atom is -0.481 e. The van der Waals surface area contributed by atoms with Gasteiger partial charge in [0.15, 0.2) is 6.10 Å². The Morgan fingerprint density at radius 1 is 0.935 bits per heavy atom. The number of hydrogen-bond acceptors (Lipinski definition) is 4. The molecule has 0 aliphatic heterocycles. The number of halogens is 2. The Balaban J connectivity index is 1.65. The first-order valence-electron chi connectivity index (χ1n) is 9.25. The molecular weight excluding hydrogens is 459 g/mol. The predicted molar refractivity (Wildman–Crippen MR) is 124 cm³/mol. The van der Waals surface area contributed by atoms with Gasteiger partial charge in [0, 0.05) is 15.7 Å². The summed E-state index contributed by atoms with van der Waals surface area (Å²) in [4.78, 5) is 12.4. The van der Waals surface area contributed by atoms with Crippen LogP contribution in [0.1, 0.15) is 12.5 Å². The van der Waals surface area contributed by atoms with Gasteiger partial charge in [0.25, 0.3) is 15.9 Å². The maximum atomic E-state index is 12.6. The summed E-state index contributed by atoms with van der Waals surface area (Å²) in [6.07, 6.45) is -0.737. The molecule has 0 heterocycles. The number of carbonyl (C=O) groups is 1. The number of sulfonamides is 1. The van der Waals surface area contributed by atoms with Crippen molar-refractivity contribution in [3.63, 3.8) is 0 Å². The summed E-state index contributed by atoms with van der Waals surface area (Å²) in [6, 6.07) is 17.6. The highest BCUT2D eigenvalue weighted by atomic mass is 35.5. The van der Waals surface area contributed by atoms with Gasteiger partial charge < -0.3 is 10.1 Å². The monoisotopic (exact) mass is 478 g/mol. The van der Waals surface area contributed by atoms with Crippen molar-refractivity contribution < 1.29 is 17.9 Å². The number of aryl methyl sites for hydroxylation is 1. The molecule has 0 saturated carbocycles. The van der Waals surface area contributed by atoms with Crippen molar-refractivity contribution in [2.24, 2.45) is 0 Å². The molecule has 31 heavy (non-hydrogen) atoms. The Hall–Kier alpha value is -2.74. The van der Waals surface area contributed by atoms with Gasteiger partial charge in [-0.2, -0.15) is 0 Å². The van der Waals surface area contributed by atoms with E-state index in [0.29, 0.717) is 21.5 Å². The number of benzene rings is 3. The van der Waals surface area contributed by atoms with Crippen LogP contribution in [0.25, 0.3) is 0 Å². The molecule has 6 nitrogen and oxygen atoms in total. The second kappa shape index (κ2) is 9.60. The number of anilines is 2. The van der Waals surface area contributed by atoms with Crippen molar-refractivity contribution in [1.29, 1.82) is 0 Å². The molecule has 2 N–H and O–H groups in total. The van der Waals surface area contributed by atoms with E-state index in [4.69, 9.17) is 27.9 Å². The third-order valence-electron chi connectivity index (χ3n) is 4.22. The molecule has 0 bridgehead atoms. The average molecular weight is 479 g/mol. The van der Waals surface area contributed by atoms with Gasteiger partial charge in [0.05, 0.1) is 10.6 Å². The van der Waals surface area contributed by atoms with Crippen LogP contribution >= 0.6 is 23.2 Å². The van der Waals surface area contributed by atoms with Crippen LogP contribution in [0.15, 0.2) is 71.6 Å². The summed E-state index contributed by atoms with van der Waals surface area (Å²) in [5.41, 5.74) is 1.71. The van der Waals surface area contributed by atoms with Crippen molar-refractivity contribution >= 4 is 50.5 Å². The number of nitrogens with one attached hydrogen (secondary N) is 2. The third kappa shape index (κ3) is 6.37. The molecule has 1 atom stereocenters. The predicted octanol–water partition coefficient (Wildman–Crippen LogP) is 5.51. The van der Waals surface area contributed by atoms with E-state index in [-0.39, 0.29) is 16.5 Å². The van der Waals surface area contributed by atoms with Gasteiger partial charge in [-0.15, -0.1) is 0 Å². The van der Waals surface area contributed by atoms with Gasteiger partial charge in [-0.3, -0.25) is 9.52 Å². The molecule has 3 aromatic rings. The van der Waals surface area contributed by atoms with Gasteiger partial charge in [0.2, 0.25) is 0 Å². The zero-order chi connectivity index (χ0) is 22.6. The SMILES string of the molecule is Cc1cccc(OC(C)C(=O)Nc2ccc(S(=O)(=O)Nc3cc(Cl)cc(Cl)c3)cc2)c1. The van der Waals surface area contributed by atoms with E-state index < -0.39 is 16.1 Å². The molecule has 0 aromatic heterocycles. The number of hydrogen-bond donors (Lipinski definition) is 2. The van der Waals surface area contributed by atoms with Crippen molar-refractivity contribution in [1.82, 2.24) is 0 Å². The fraction of sp³-hybridized carbons (Fsp3) is 0.136. The lowest BCUT2D eigenvalue weighted by molar-refractivity contribution is -0.122. The number of ether oxygens (including phenoxy) is 1. The zero-order valence-corrected chi connectivity index (χ0v) is 19.1. The highest BCUT2D eigenvalue weighted by Gasteiger charge is 2.17. The van der Waals surface area contributed by atoms with E-state index in [1.807, 2.05) is 25.1 Å². The van der Waals surface area contributed by atoms with Crippen LogP contribution in [0.5, 0.6) is 5.75 Å². The van der Waals surface area contributed by atoms with Crippen LogP contribution < -0.4 is 14.8 Å². The standard InChI is InChI=1S/C22H20Cl2N2O4S/c1-14-4-3-5-20(10-14)30-15(2)22(27)25-18-6-8-21(9-7-18)31(28,29)26-19-12-16(23)11-17(24)13-19/h3-13,15,26H,1-2H3,(H,25,27). The molecule has 3 rings (SSSR count). The molecule has 0 aliphatic carbocycles. The first-order valence-corrected chi connectivity index (χ1v) is 11.5. The van der Waals surface area contributed by atoms with E-state index in [1.165, 1.54) is 42.5 Å². The number of amides is 1. The lowest BCUT2D eigenvalue weighted by Gasteiger charge is -2.15. The normalized spacial score (nSPS) is 12.1. The summed E-state index contributed by atoms with van der Waals surface area (Å²) in [6.45, 7) is 3.57. The van der Waals surface area contributed by atoms with Gasteiger partial charge in [-0.25, -0.2) is 8.42 Å². The lowest BCUT2D eigenvalue weighted by atomic mass is 10.2. The Morgan fingerprint density at radius 3 is 2.19 bits per heavy atom. The topological polar surface area (TPSA) is 84.5 Å². The van der Waals surface area contributed by atoms with E-state index in [9.17, 15) is 13.2 Å². The molecule has 162 valence electrons. The molecule has 0 aliphatic rings. The molecular formula is C22H20Cl2N2O4S. The van der Waals surface area contributed by atoms with Crippen LogP contribution in [0.3, 0.4) is 0 Å². The molecule has 0 saturated heterocycles. The van der Waals surface area contributed by atoms with Crippen LogP contribution in [-0.4, -0.2) is 20.4 Å². The van der Waals surface area contributed by atoms with Crippen molar-refractivity contribution in [2.45, 2.75) is 24.8 Å². The van der Waals surface area contributed by atoms with Gasteiger partial charge >= 0.3 is 0 Å².